The lowest BCUT2D eigenvalue weighted by molar-refractivity contribution is 0.195. The normalized spacial score (nSPS) is 23.3. The molecule has 1 aromatic carbocycles. The van der Waals surface area contributed by atoms with Crippen LogP contribution in [0, 0.1) is 11.7 Å². The first-order valence-corrected chi connectivity index (χ1v) is 7.55. The third kappa shape index (κ3) is 2.81. The SMILES string of the molecule is CC[C@H]1COc2cc(F)ccc2[C@@H]1CS(N)(=O)=O. The van der Waals surface area contributed by atoms with E-state index < -0.39 is 15.8 Å². The Bertz CT molecular complexity index is 544. The fourth-order valence-electron chi connectivity index (χ4n) is 2.38. The van der Waals surface area contributed by atoms with Gasteiger partial charge in [-0.15, -0.1) is 0 Å². The maximum Gasteiger partial charge on any atom is 0.209 e. The molecular formula is C12H16FNO3S. The van der Waals surface area contributed by atoms with E-state index in [1.54, 1.807) is 6.07 Å². The summed E-state index contributed by atoms with van der Waals surface area (Å²) in [5.41, 5.74) is 0.725. The Hall–Kier alpha value is -1.14. The van der Waals surface area contributed by atoms with Gasteiger partial charge in [0.15, 0.2) is 0 Å². The van der Waals surface area contributed by atoms with Crippen molar-refractivity contribution in [1.29, 1.82) is 0 Å². The molecule has 0 aromatic heterocycles. The minimum absolute atomic E-state index is 0.0845. The summed E-state index contributed by atoms with van der Waals surface area (Å²) in [4.78, 5) is 0. The monoisotopic (exact) mass is 273 g/mol. The minimum Gasteiger partial charge on any atom is -0.493 e. The average Bonchev–Trinajstić information content (AvgIpc) is 2.27. The molecule has 0 amide bonds. The lowest BCUT2D eigenvalue weighted by atomic mass is 9.84. The summed E-state index contributed by atoms with van der Waals surface area (Å²) >= 11 is 0. The second-order valence-electron chi connectivity index (χ2n) is 4.60. The number of ether oxygens (including phenoxy) is 1. The van der Waals surface area contributed by atoms with E-state index >= 15 is 0 Å². The van der Waals surface area contributed by atoms with Gasteiger partial charge >= 0.3 is 0 Å². The van der Waals surface area contributed by atoms with Crippen LogP contribution in [0.5, 0.6) is 5.75 Å². The van der Waals surface area contributed by atoms with Gasteiger partial charge in [-0.1, -0.05) is 13.0 Å². The molecule has 2 atom stereocenters. The molecule has 1 aliphatic heterocycles. The van der Waals surface area contributed by atoms with E-state index in [1.807, 2.05) is 6.92 Å². The van der Waals surface area contributed by atoms with Crippen LogP contribution in [0.25, 0.3) is 0 Å². The minimum atomic E-state index is -3.57. The molecule has 0 spiro atoms. The van der Waals surface area contributed by atoms with Crippen molar-refractivity contribution in [1.82, 2.24) is 0 Å². The molecule has 0 fully saturated rings. The molecule has 1 aliphatic rings. The molecule has 0 radical (unpaired) electrons. The maximum absolute atomic E-state index is 13.1. The Morgan fingerprint density at radius 2 is 2.22 bits per heavy atom. The van der Waals surface area contributed by atoms with Crippen LogP contribution in [0.2, 0.25) is 0 Å². The first kappa shape index (κ1) is 13.3. The van der Waals surface area contributed by atoms with Crippen LogP contribution in [0.1, 0.15) is 24.8 Å². The van der Waals surface area contributed by atoms with E-state index in [1.165, 1.54) is 12.1 Å². The Kier molecular flexibility index (Phi) is 3.59. The molecule has 0 unspecified atom stereocenters. The quantitative estimate of drug-likeness (QED) is 0.909. The maximum atomic E-state index is 13.1. The number of benzene rings is 1. The number of sulfonamides is 1. The lowest BCUT2D eigenvalue weighted by Gasteiger charge is -2.32. The first-order chi connectivity index (χ1) is 8.40. The van der Waals surface area contributed by atoms with Crippen molar-refractivity contribution in [2.75, 3.05) is 12.4 Å². The van der Waals surface area contributed by atoms with Crippen molar-refractivity contribution < 1.29 is 17.5 Å². The summed E-state index contributed by atoms with van der Waals surface area (Å²) in [6.45, 7) is 2.37. The fourth-order valence-corrected chi connectivity index (χ4v) is 3.34. The molecule has 2 N–H and O–H groups in total. The number of hydrogen-bond donors (Lipinski definition) is 1. The molecule has 18 heavy (non-hydrogen) atoms. The Balaban J connectivity index is 2.41. The molecule has 4 nitrogen and oxygen atoms in total. The van der Waals surface area contributed by atoms with Gasteiger partial charge in [-0.3, -0.25) is 0 Å². The van der Waals surface area contributed by atoms with Crippen molar-refractivity contribution in [3.8, 4) is 5.75 Å². The van der Waals surface area contributed by atoms with Crippen LogP contribution in [0.15, 0.2) is 18.2 Å². The zero-order chi connectivity index (χ0) is 13.3. The van der Waals surface area contributed by atoms with Gasteiger partial charge in [-0.2, -0.15) is 0 Å². The van der Waals surface area contributed by atoms with Gasteiger partial charge in [0.25, 0.3) is 0 Å². The molecule has 0 saturated heterocycles. The van der Waals surface area contributed by atoms with Crippen molar-refractivity contribution in [3.63, 3.8) is 0 Å². The average molecular weight is 273 g/mol. The van der Waals surface area contributed by atoms with E-state index in [4.69, 9.17) is 9.88 Å². The van der Waals surface area contributed by atoms with Crippen LogP contribution in [0.4, 0.5) is 4.39 Å². The van der Waals surface area contributed by atoms with Gasteiger partial charge in [-0.05, 0) is 18.1 Å². The summed E-state index contributed by atoms with van der Waals surface area (Å²) < 4.78 is 41.2. The molecule has 0 saturated carbocycles. The smallest absolute Gasteiger partial charge is 0.209 e. The van der Waals surface area contributed by atoms with Gasteiger partial charge in [0.1, 0.15) is 11.6 Å². The molecule has 100 valence electrons. The van der Waals surface area contributed by atoms with Gasteiger partial charge in [0.05, 0.1) is 12.4 Å². The van der Waals surface area contributed by atoms with Crippen molar-refractivity contribution >= 4 is 10.0 Å². The Labute approximate surface area is 106 Å². The number of hydrogen-bond acceptors (Lipinski definition) is 3. The van der Waals surface area contributed by atoms with Gasteiger partial charge < -0.3 is 4.74 Å². The number of fused-ring (bicyclic) bond motifs is 1. The van der Waals surface area contributed by atoms with Crippen LogP contribution in [-0.2, 0) is 10.0 Å². The second kappa shape index (κ2) is 4.85. The summed E-state index contributed by atoms with van der Waals surface area (Å²) in [6.07, 6.45) is 0.789. The van der Waals surface area contributed by atoms with Crippen molar-refractivity contribution in [3.05, 3.63) is 29.6 Å². The second-order valence-corrected chi connectivity index (χ2v) is 6.26. The number of primary sulfonamides is 1. The summed E-state index contributed by atoms with van der Waals surface area (Å²) in [5.74, 6) is -0.241. The summed E-state index contributed by atoms with van der Waals surface area (Å²) in [7, 11) is -3.57. The van der Waals surface area contributed by atoms with Gasteiger partial charge in [0.2, 0.25) is 10.0 Å². The standard InChI is InChI=1S/C12H16FNO3S/c1-2-8-6-17-12-5-9(13)3-4-10(12)11(8)7-18(14,15)16/h3-5,8,11H,2,6-7H2,1H3,(H2,14,15,16)/t8-,11+/m0/s1. The highest BCUT2D eigenvalue weighted by atomic mass is 32.2. The molecule has 0 aliphatic carbocycles. The van der Waals surface area contributed by atoms with E-state index in [2.05, 4.69) is 0 Å². The van der Waals surface area contributed by atoms with Crippen LogP contribution >= 0.6 is 0 Å². The van der Waals surface area contributed by atoms with E-state index in [9.17, 15) is 12.8 Å². The van der Waals surface area contributed by atoms with E-state index in [-0.39, 0.29) is 17.6 Å². The van der Waals surface area contributed by atoms with E-state index in [0.717, 1.165) is 12.0 Å². The van der Waals surface area contributed by atoms with Crippen molar-refractivity contribution in [2.45, 2.75) is 19.3 Å². The third-order valence-corrected chi connectivity index (χ3v) is 4.16. The molecule has 0 bridgehead atoms. The number of rotatable bonds is 3. The zero-order valence-electron chi connectivity index (χ0n) is 10.1. The lowest BCUT2D eigenvalue weighted by Crippen LogP contribution is -2.32. The number of halogens is 1. The predicted octanol–water partition coefficient (Wildman–Crippen LogP) is 1.62. The van der Waals surface area contributed by atoms with Gasteiger partial charge in [-0.25, -0.2) is 17.9 Å². The highest BCUT2D eigenvalue weighted by Crippen LogP contribution is 2.39. The van der Waals surface area contributed by atoms with Crippen LogP contribution in [-0.4, -0.2) is 20.8 Å². The van der Waals surface area contributed by atoms with Crippen LogP contribution < -0.4 is 9.88 Å². The van der Waals surface area contributed by atoms with Crippen molar-refractivity contribution in [2.24, 2.45) is 11.1 Å². The molecule has 6 heteroatoms. The van der Waals surface area contributed by atoms with E-state index in [0.29, 0.717) is 12.4 Å². The highest BCUT2D eigenvalue weighted by molar-refractivity contribution is 7.89. The summed E-state index contributed by atoms with van der Waals surface area (Å²) in [6, 6.07) is 4.19. The molecular weight excluding hydrogens is 257 g/mol. The fraction of sp³-hybridized carbons (Fsp3) is 0.500. The topological polar surface area (TPSA) is 69.4 Å². The molecule has 1 heterocycles. The highest BCUT2D eigenvalue weighted by Gasteiger charge is 2.32. The summed E-state index contributed by atoms with van der Waals surface area (Å²) in [5, 5.41) is 5.13. The molecule has 1 aromatic rings. The number of nitrogens with two attached hydrogens (primary N) is 1. The van der Waals surface area contributed by atoms with Gasteiger partial charge in [0, 0.05) is 17.9 Å². The largest absolute Gasteiger partial charge is 0.493 e. The Morgan fingerprint density at radius 3 is 2.83 bits per heavy atom. The Morgan fingerprint density at radius 1 is 1.50 bits per heavy atom. The zero-order valence-corrected chi connectivity index (χ0v) is 10.9. The third-order valence-electron chi connectivity index (χ3n) is 3.33. The first-order valence-electron chi connectivity index (χ1n) is 5.83. The van der Waals surface area contributed by atoms with Crippen LogP contribution in [0.3, 0.4) is 0 Å². The predicted molar refractivity (Wildman–Crippen MR) is 66.4 cm³/mol. The molecule has 2 rings (SSSR count).